The first-order valence-corrected chi connectivity index (χ1v) is 9.51. The van der Waals surface area contributed by atoms with Crippen LogP contribution in [-0.4, -0.2) is 50.3 Å². The van der Waals surface area contributed by atoms with Crippen LogP contribution < -0.4 is 15.0 Å². The highest BCUT2D eigenvalue weighted by Crippen LogP contribution is 2.23. The fourth-order valence-corrected chi connectivity index (χ4v) is 3.87. The molecule has 134 valence electrons. The maximum absolute atomic E-state index is 12.4. The Labute approximate surface area is 153 Å². The molecular formula is C19H25N3O2S. The van der Waals surface area contributed by atoms with E-state index in [0.717, 1.165) is 31.8 Å². The van der Waals surface area contributed by atoms with Crippen molar-refractivity contribution >= 4 is 23.1 Å². The highest BCUT2D eigenvalue weighted by atomic mass is 32.1. The van der Waals surface area contributed by atoms with Gasteiger partial charge >= 0.3 is 6.03 Å². The molecule has 5 nitrogen and oxygen atoms in total. The number of piperazine rings is 1. The zero-order valence-corrected chi connectivity index (χ0v) is 15.6. The minimum absolute atomic E-state index is 0.0396. The zero-order valence-electron chi connectivity index (χ0n) is 14.8. The average Bonchev–Trinajstić information content (AvgIpc) is 3.15. The van der Waals surface area contributed by atoms with Gasteiger partial charge in [-0.3, -0.25) is 0 Å². The van der Waals surface area contributed by atoms with Crippen LogP contribution in [0, 0.1) is 0 Å². The third kappa shape index (κ3) is 4.45. The topological polar surface area (TPSA) is 44.8 Å². The summed E-state index contributed by atoms with van der Waals surface area (Å²) in [6.45, 7) is 5.16. The summed E-state index contributed by atoms with van der Waals surface area (Å²) in [5, 5.41) is 5.11. The molecule has 0 bridgehead atoms. The molecule has 1 N–H and O–H groups in total. The summed E-state index contributed by atoms with van der Waals surface area (Å²) in [6.07, 6.45) is 0.894. The van der Waals surface area contributed by atoms with Crippen molar-refractivity contribution in [3.05, 3.63) is 46.7 Å². The predicted octanol–water partition coefficient (Wildman–Crippen LogP) is 3.22. The van der Waals surface area contributed by atoms with E-state index in [0.29, 0.717) is 6.54 Å². The number of nitrogens with zero attached hydrogens (tertiary/aromatic N) is 2. The number of hydrogen-bond donors (Lipinski definition) is 1. The third-order valence-electron chi connectivity index (χ3n) is 4.55. The summed E-state index contributed by atoms with van der Waals surface area (Å²) in [7, 11) is 1.67. The van der Waals surface area contributed by atoms with Gasteiger partial charge in [-0.25, -0.2) is 4.79 Å². The van der Waals surface area contributed by atoms with Crippen molar-refractivity contribution in [2.45, 2.75) is 19.4 Å². The third-order valence-corrected chi connectivity index (χ3v) is 5.48. The fourth-order valence-electron chi connectivity index (χ4n) is 3.16. The van der Waals surface area contributed by atoms with Gasteiger partial charge in [0.2, 0.25) is 0 Å². The molecule has 1 atom stereocenters. The molecule has 1 saturated heterocycles. The number of benzene rings is 1. The summed E-state index contributed by atoms with van der Waals surface area (Å²) in [4.78, 5) is 17.9. The van der Waals surface area contributed by atoms with Crippen molar-refractivity contribution in [3.8, 4) is 5.75 Å². The fraction of sp³-hybridized carbons (Fsp3) is 0.421. The summed E-state index contributed by atoms with van der Waals surface area (Å²) in [5.74, 6) is 0.861. The van der Waals surface area contributed by atoms with Crippen molar-refractivity contribution in [2.75, 3.05) is 38.2 Å². The number of urea groups is 1. The van der Waals surface area contributed by atoms with E-state index in [4.69, 9.17) is 4.74 Å². The number of anilines is 1. The van der Waals surface area contributed by atoms with Crippen molar-refractivity contribution < 1.29 is 9.53 Å². The van der Waals surface area contributed by atoms with E-state index in [1.807, 2.05) is 23.1 Å². The van der Waals surface area contributed by atoms with Crippen LogP contribution in [0.4, 0.5) is 10.5 Å². The highest BCUT2D eigenvalue weighted by molar-refractivity contribution is 7.09. The van der Waals surface area contributed by atoms with E-state index in [9.17, 15) is 4.79 Å². The van der Waals surface area contributed by atoms with Gasteiger partial charge < -0.3 is 19.9 Å². The van der Waals surface area contributed by atoms with Crippen LogP contribution in [0.25, 0.3) is 0 Å². The summed E-state index contributed by atoms with van der Waals surface area (Å²) >= 11 is 1.73. The van der Waals surface area contributed by atoms with Crippen LogP contribution in [0.2, 0.25) is 0 Å². The van der Waals surface area contributed by atoms with Crippen molar-refractivity contribution in [3.63, 3.8) is 0 Å². The van der Waals surface area contributed by atoms with Crippen LogP contribution in [-0.2, 0) is 6.42 Å². The lowest BCUT2D eigenvalue weighted by molar-refractivity contribution is 0.187. The normalized spacial score (nSPS) is 17.4. The number of carbonyl (C=O) groups excluding carboxylic acids is 1. The Morgan fingerprint density at radius 1 is 1.28 bits per heavy atom. The molecule has 0 saturated carbocycles. The van der Waals surface area contributed by atoms with Gasteiger partial charge in [0.25, 0.3) is 0 Å². The molecule has 0 radical (unpaired) electrons. The number of methoxy groups -OCH3 is 1. The Bertz CT molecular complexity index is 672. The van der Waals surface area contributed by atoms with E-state index in [-0.39, 0.29) is 12.1 Å². The number of carbonyl (C=O) groups is 1. The maximum Gasteiger partial charge on any atom is 0.317 e. The quantitative estimate of drug-likeness (QED) is 0.891. The molecule has 2 amide bonds. The smallest absolute Gasteiger partial charge is 0.317 e. The van der Waals surface area contributed by atoms with Crippen LogP contribution in [0.15, 0.2) is 41.8 Å². The van der Waals surface area contributed by atoms with Gasteiger partial charge in [-0.2, -0.15) is 0 Å². The number of nitrogens with one attached hydrogen (secondary N) is 1. The number of rotatable bonds is 5. The molecule has 0 aliphatic carbocycles. The van der Waals surface area contributed by atoms with Crippen molar-refractivity contribution in [2.24, 2.45) is 0 Å². The Hall–Kier alpha value is -2.21. The second-order valence-electron chi connectivity index (χ2n) is 6.25. The van der Waals surface area contributed by atoms with E-state index < -0.39 is 0 Å². The Morgan fingerprint density at radius 3 is 2.72 bits per heavy atom. The SMILES string of the molecule is COc1ccc(N2CCN(C(=O)NCCc3cccs3)CC2C)cc1. The lowest BCUT2D eigenvalue weighted by Gasteiger charge is -2.41. The Balaban J connectivity index is 1.49. The van der Waals surface area contributed by atoms with Gasteiger partial charge in [0.15, 0.2) is 0 Å². The standard InChI is InChI=1S/C19H25N3O2S/c1-15-14-21(19(23)20-10-9-18-4-3-13-25-18)11-12-22(15)16-5-7-17(24-2)8-6-16/h3-8,13,15H,9-12,14H2,1-2H3,(H,20,23). The number of thiophene rings is 1. The van der Waals surface area contributed by atoms with E-state index in [1.54, 1.807) is 18.4 Å². The average molecular weight is 359 g/mol. The molecule has 2 aromatic rings. The van der Waals surface area contributed by atoms with Gasteiger partial charge in [0, 0.05) is 42.8 Å². The first kappa shape index (κ1) is 17.6. The van der Waals surface area contributed by atoms with Crippen LogP contribution in [0.3, 0.4) is 0 Å². The molecule has 1 fully saturated rings. The van der Waals surface area contributed by atoms with Gasteiger partial charge in [-0.1, -0.05) is 6.07 Å². The van der Waals surface area contributed by atoms with Crippen LogP contribution >= 0.6 is 11.3 Å². The first-order chi connectivity index (χ1) is 12.2. The molecule has 1 aliphatic rings. The molecule has 1 unspecified atom stereocenters. The van der Waals surface area contributed by atoms with Gasteiger partial charge in [0.1, 0.15) is 5.75 Å². The predicted molar refractivity (Wildman–Crippen MR) is 103 cm³/mol. The molecule has 25 heavy (non-hydrogen) atoms. The number of ether oxygens (including phenoxy) is 1. The summed E-state index contributed by atoms with van der Waals surface area (Å²) in [6, 6.07) is 12.6. The number of amides is 2. The van der Waals surface area contributed by atoms with Crippen molar-refractivity contribution in [1.82, 2.24) is 10.2 Å². The maximum atomic E-state index is 12.4. The lowest BCUT2D eigenvalue weighted by Crippen LogP contribution is -2.56. The molecule has 3 rings (SSSR count). The summed E-state index contributed by atoms with van der Waals surface area (Å²) < 4.78 is 5.22. The highest BCUT2D eigenvalue weighted by Gasteiger charge is 2.26. The molecule has 0 spiro atoms. The first-order valence-electron chi connectivity index (χ1n) is 8.63. The Kier molecular flexibility index (Phi) is 5.81. The van der Waals surface area contributed by atoms with Crippen LogP contribution in [0.5, 0.6) is 5.75 Å². The van der Waals surface area contributed by atoms with E-state index in [1.165, 1.54) is 10.6 Å². The number of hydrogen-bond acceptors (Lipinski definition) is 4. The van der Waals surface area contributed by atoms with E-state index in [2.05, 4.69) is 40.7 Å². The summed E-state index contributed by atoms with van der Waals surface area (Å²) in [5.41, 5.74) is 1.17. The second-order valence-corrected chi connectivity index (χ2v) is 7.28. The van der Waals surface area contributed by atoms with Gasteiger partial charge in [-0.15, -0.1) is 11.3 Å². The monoisotopic (exact) mass is 359 g/mol. The van der Waals surface area contributed by atoms with Crippen molar-refractivity contribution in [1.29, 1.82) is 0 Å². The van der Waals surface area contributed by atoms with Gasteiger partial charge in [-0.05, 0) is 49.1 Å². The minimum Gasteiger partial charge on any atom is -0.497 e. The van der Waals surface area contributed by atoms with Crippen LogP contribution in [0.1, 0.15) is 11.8 Å². The molecule has 1 aromatic heterocycles. The molecular weight excluding hydrogens is 334 g/mol. The lowest BCUT2D eigenvalue weighted by atomic mass is 10.1. The van der Waals surface area contributed by atoms with Gasteiger partial charge in [0.05, 0.1) is 7.11 Å². The minimum atomic E-state index is 0.0396. The Morgan fingerprint density at radius 2 is 2.08 bits per heavy atom. The molecule has 1 aliphatic heterocycles. The second kappa shape index (κ2) is 8.25. The molecule has 1 aromatic carbocycles. The molecule has 2 heterocycles. The zero-order chi connectivity index (χ0) is 17.6. The molecule has 6 heteroatoms. The largest absolute Gasteiger partial charge is 0.497 e. The van der Waals surface area contributed by atoms with E-state index >= 15 is 0 Å².